The number of carbonyl (C=O) groups excluding carboxylic acids is 2. The molecule has 0 unspecified atom stereocenters. The number of nitrogens with zero attached hydrogens (tertiary/aromatic N) is 1. The van der Waals surface area contributed by atoms with Crippen LogP contribution >= 0.6 is 0 Å². The quantitative estimate of drug-likeness (QED) is 0.728. The van der Waals surface area contributed by atoms with Gasteiger partial charge in [0.2, 0.25) is 5.91 Å². The van der Waals surface area contributed by atoms with Crippen LogP contribution in [0.4, 0.5) is 0 Å². The van der Waals surface area contributed by atoms with Crippen molar-refractivity contribution in [2.24, 2.45) is 5.92 Å². The summed E-state index contributed by atoms with van der Waals surface area (Å²) in [5.41, 5.74) is 0. The van der Waals surface area contributed by atoms with Crippen molar-refractivity contribution in [2.75, 3.05) is 26.7 Å². The summed E-state index contributed by atoms with van der Waals surface area (Å²) in [5.74, 6) is -0.00457. The Hall–Kier alpha value is -1.10. The highest BCUT2D eigenvalue weighted by Gasteiger charge is 2.27. The maximum absolute atomic E-state index is 11.6. The molecule has 2 fully saturated rings. The average Bonchev–Trinajstić information content (AvgIpc) is 3.19. The summed E-state index contributed by atoms with van der Waals surface area (Å²) < 4.78 is 4.78. The summed E-state index contributed by atoms with van der Waals surface area (Å²) in [6.07, 6.45) is 4.69. The van der Waals surface area contributed by atoms with Gasteiger partial charge in [-0.15, -0.1) is 0 Å². The molecular weight excluding hydrogens is 232 g/mol. The Balaban J connectivity index is 1.68. The Bertz CT molecular complexity index is 315. The topological polar surface area (TPSA) is 58.6 Å². The fourth-order valence-corrected chi connectivity index (χ4v) is 2.40. The van der Waals surface area contributed by atoms with Gasteiger partial charge in [-0.2, -0.15) is 0 Å². The largest absolute Gasteiger partial charge is 0.469 e. The molecule has 0 spiro atoms. The van der Waals surface area contributed by atoms with E-state index in [1.54, 1.807) is 0 Å². The zero-order chi connectivity index (χ0) is 13.0. The molecule has 0 aromatic carbocycles. The predicted molar refractivity (Wildman–Crippen MR) is 67.0 cm³/mol. The first-order chi connectivity index (χ1) is 8.69. The number of methoxy groups -OCH3 is 1. The van der Waals surface area contributed by atoms with E-state index in [-0.39, 0.29) is 17.8 Å². The van der Waals surface area contributed by atoms with Crippen LogP contribution in [0.2, 0.25) is 0 Å². The maximum Gasteiger partial charge on any atom is 0.309 e. The lowest BCUT2D eigenvalue weighted by atomic mass is 9.98. The molecule has 0 bridgehead atoms. The van der Waals surface area contributed by atoms with Gasteiger partial charge in [-0.3, -0.25) is 9.59 Å². The predicted octanol–water partition coefficient (Wildman–Crippen LogP) is 0.540. The van der Waals surface area contributed by atoms with Crippen molar-refractivity contribution in [3.63, 3.8) is 0 Å². The number of piperidine rings is 1. The van der Waals surface area contributed by atoms with Crippen LogP contribution in [0.5, 0.6) is 0 Å². The Morgan fingerprint density at radius 3 is 2.78 bits per heavy atom. The number of hydrogen-bond acceptors (Lipinski definition) is 4. The first-order valence-corrected chi connectivity index (χ1v) is 6.78. The lowest BCUT2D eigenvalue weighted by molar-refractivity contribution is -0.147. The second-order valence-corrected chi connectivity index (χ2v) is 5.25. The van der Waals surface area contributed by atoms with E-state index in [2.05, 4.69) is 10.2 Å². The summed E-state index contributed by atoms with van der Waals surface area (Å²) in [4.78, 5) is 25.2. The third kappa shape index (κ3) is 3.98. The molecule has 0 radical (unpaired) electrons. The molecule has 2 rings (SSSR count). The molecular formula is C13H22N2O3. The first kappa shape index (κ1) is 13.3. The van der Waals surface area contributed by atoms with Crippen LogP contribution in [0.25, 0.3) is 0 Å². The number of esters is 1. The molecule has 0 aromatic heterocycles. The van der Waals surface area contributed by atoms with E-state index >= 15 is 0 Å². The maximum atomic E-state index is 11.6. The van der Waals surface area contributed by atoms with Crippen LogP contribution in [-0.4, -0.2) is 49.6 Å². The standard InChI is InChI=1S/C13H22N2O3/c1-18-13(17)10-3-2-7-15(9-10)8-6-12(16)14-11-4-5-11/h10-11H,2-9H2,1H3,(H,14,16)/t10-/m0/s1. The zero-order valence-electron chi connectivity index (χ0n) is 11.0. The Labute approximate surface area is 108 Å². The normalized spacial score (nSPS) is 24.6. The van der Waals surface area contributed by atoms with Crippen molar-refractivity contribution in [1.82, 2.24) is 10.2 Å². The molecule has 1 N–H and O–H groups in total. The molecule has 18 heavy (non-hydrogen) atoms. The van der Waals surface area contributed by atoms with E-state index in [0.29, 0.717) is 12.5 Å². The van der Waals surface area contributed by atoms with E-state index in [9.17, 15) is 9.59 Å². The fourth-order valence-electron chi connectivity index (χ4n) is 2.40. The van der Waals surface area contributed by atoms with Crippen molar-refractivity contribution >= 4 is 11.9 Å². The molecule has 1 saturated heterocycles. The van der Waals surface area contributed by atoms with E-state index in [4.69, 9.17) is 4.74 Å². The minimum atomic E-state index is -0.123. The fraction of sp³-hybridized carbons (Fsp3) is 0.846. The van der Waals surface area contributed by atoms with Gasteiger partial charge in [-0.1, -0.05) is 0 Å². The Kier molecular flexibility index (Phi) is 4.58. The summed E-state index contributed by atoms with van der Waals surface area (Å²) in [6.45, 7) is 2.44. The summed E-state index contributed by atoms with van der Waals surface area (Å²) >= 11 is 0. The molecule has 1 aliphatic carbocycles. The molecule has 1 atom stereocenters. The lowest BCUT2D eigenvalue weighted by Crippen LogP contribution is -2.41. The number of amides is 1. The van der Waals surface area contributed by atoms with E-state index in [0.717, 1.165) is 45.3 Å². The second kappa shape index (κ2) is 6.18. The van der Waals surface area contributed by atoms with Gasteiger partial charge in [0.1, 0.15) is 0 Å². The number of ether oxygens (including phenoxy) is 1. The number of rotatable bonds is 5. The van der Waals surface area contributed by atoms with Crippen LogP contribution in [0, 0.1) is 5.92 Å². The number of nitrogens with one attached hydrogen (secondary N) is 1. The van der Waals surface area contributed by atoms with Gasteiger partial charge in [-0.25, -0.2) is 0 Å². The average molecular weight is 254 g/mol. The summed E-state index contributed by atoms with van der Waals surface area (Å²) in [7, 11) is 1.43. The van der Waals surface area contributed by atoms with Crippen molar-refractivity contribution in [2.45, 2.75) is 38.1 Å². The molecule has 5 heteroatoms. The molecule has 2 aliphatic rings. The third-order valence-electron chi connectivity index (χ3n) is 3.64. The molecule has 1 amide bonds. The number of hydrogen-bond donors (Lipinski definition) is 1. The van der Waals surface area contributed by atoms with Crippen molar-refractivity contribution in [1.29, 1.82) is 0 Å². The van der Waals surface area contributed by atoms with Crippen molar-refractivity contribution < 1.29 is 14.3 Å². The highest BCUT2D eigenvalue weighted by Crippen LogP contribution is 2.19. The monoisotopic (exact) mass is 254 g/mol. The molecule has 5 nitrogen and oxygen atoms in total. The van der Waals surface area contributed by atoms with Gasteiger partial charge in [0.25, 0.3) is 0 Å². The minimum absolute atomic E-state index is 0.0183. The Morgan fingerprint density at radius 1 is 1.33 bits per heavy atom. The highest BCUT2D eigenvalue weighted by molar-refractivity contribution is 5.76. The van der Waals surface area contributed by atoms with Crippen LogP contribution in [0.1, 0.15) is 32.1 Å². The van der Waals surface area contributed by atoms with Gasteiger partial charge >= 0.3 is 5.97 Å². The lowest BCUT2D eigenvalue weighted by Gasteiger charge is -2.30. The zero-order valence-corrected chi connectivity index (χ0v) is 11.0. The van der Waals surface area contributed by atoms with E-state index in [1.807, 2.05) is 0 Å². The first-order valence-electron chi connectivity index (χ1n) is 6.78. The number of carbonyl (C=O) groups is 2. The van der Waals surface area contributed by atoms with Gasteiger partial charge in [0.15, 0.2) is 0 Å². The van der Waals surface area contributed by atoms with Crippen molar-refractivity contribution in [3.8, 4) is 0 Å². The van der Waals surface area contributed by atoms with Crippen LogP contribution in [-0.2, 0) is 14.3 Å². The van der Waals surface area contributed by atoms with Gasteiger partial charge in [0, 0.05) is 25.6 Å². The van der Waals surface area contributed by atoms with Gasteiger partial charge in [0.05, 0.1) is 13.0 Å². The highest BCUT2D eigenvalue weighted by atomic mass is 16.5. The molecule has 1 heterocycles. The molecule has 102 valence electrons. The van der Waals surface area contributed by atoms with Crippen molar-refractivity contribution in [3.05, 3.63) is 0 Å². The SMILES string of the molecule is COC(=O)[C@H]1CCCN(CCC(=O)NC2CC2)C1. The minimum Gasteiger partial charge on any atom is -0.469 e. The van der Waals surface area contributed by atoms with Gasteiger partial charge < -0.3 is 15.0 Å². The number of likely N-dealkylation sites (tertiary alicyclic amines) is 1. The second-order valence-electron chi connectivity index (χ2n) is 5.25. The van der Waals surface area contributed by atoms with E-state index in [1.165, 1.54) is 7.11 Å². The molecule has 1 aliphatic heterocycles. The third-order valence-corrected chi connectivity index (χ3v) is 3.64. The van der Waals surface area contributed by atoms with Crippen LogP contribution in [0.3, 0.4) is 0 Å². The molecule has 0 aromatic rings. The Morgan fingerprint density at radius 2 is 2.11 bits per heavy atom. The molecule has 1 saturated carbocycles. The van der Waals surface area contributed by atoms with Gasteiger partial charge in [-0.05, 0) is 32.2 Å². The smallest absolute Gasteiger partial charge is 0.309 e. The summed E-state index contributed by atoms with van der Waals surface area (Å²) in [6, 6.07) is 0.432. The van der Waals surface area contributed by atoms with Crippen LogP contribution in [0.15, 0.2) is 0 Å². The van der Waals surface area contributed by atoms with E-state index < -0.39 is 0 Å². The summed E-state index contributed by atoms with van der Waals surface area (Å²) in [5, 5.41) is 2.98. The van der Waals surface area contributed by atoms with Crippen LogP contribution < -0.4 is 5.32 Å².